The van der Waals surface area contributed by atoms with Crippen LogP contribution in [0.1, 0.15) is 22.4 Å². The summed E-state index contributed by atoms with van der Waals surface area (Å²) in [5.41, 5.74) is 1.81. The summed E-state index contributed by atoms with van der Waals surface area (Å²) >= 11 is 2.71. The number of rotatable bonds is 6. The Hall–Kier alpha value is -2.17. The van der Waals surface area contributed by atoms with Crippen LogP contribution in [0.15, 0.2) is 40.3 Å². The number of thiophene rings is 1. The summed E-state index contributed by atoms with van der Waals surface area (Å²) in [7, 11) is -1.42. The third-order valence-electron chi connectivity index (χ3n) is 5.91. The smallest absolute Gasteiger partial charge is 0.263 e. The Balaban J connectivity index is 1.63. The molecule has 10 heteroatoms. The van der Waals surface area contributed by atoms with E-state index in [1.54, 1.807) is 11.6 Å². The SMILES string of the molecule is Cc1sc2nc(SCC(=O)N(C)[C@H]3CCS(=O)(=O)C3)n(Cc3ccccc3)c(=O)c2c1C. The van der Waals surface area contributed by atoms with Crippen molar-refractivity contribution >= 4 is 49.1 Å². The quantitative estimate of drug-likeness (QED) is 0.389. The average Bonchev–Trinajstić information content (AvgIpc) is 3.27. The third kappa shape index (κ3) is 4.62. The zero-order valence-electron chi connectivity index (χ0n) is 18.2. The summed E-state index contributed by atoms with van der Waals surface area (Å²) in [6.07, 6.45) is 0.464. The standard InChI is InChI=1S/C22H25N3O4S3/c1-14-15(2)31-20-19(14)21(27)25(11-16-7-5-4-6-8-16)22(23-20)30-12-18(26)24(3)17-9-10-32(28,29)13-17/h4-8,17H,9-13H2,1-3H3/t17-/m0/s1. The molecular formula is C22H25N3O4S3. The summed E-state index contributed by atoms with van der Waals surface area (Å²) in [4.78, 5) is 34.2. The van der Waals surface area contributed by atoms with Crippen molar-refractivity contribution < 1.29 is 13.2 Å². The molecule has 1 saturated heterocycles. The number of carbonyl (C=O) groups is 1. The highest BCUT2D eigenvalue weighted by atomic mass is 32.2. The lowest BCUT2D eigenvalue weighted by atomic mass is 10.2. The average molecular weight is 492 g/mol. The molecule has 2 aromatic heterocycles. The largest absolute Gasteiger partial charge is 0.341 e. The monoisotopic (exact) mass is 491 g/mol. The van der Waals surface area contributed by atoms with Gasteiger partial charge >= 0.3 is 0 Å². The van der Waals surface area contributed by atoms with Crippen LogP contribution in [0, 0.1) is 13.8 Å². The van der Waals surface area contributed by atoms with Gasteiger partial charge in [-0.2, -0.15) is 0 Å². The molecule has 0 aliphatic carbocycles. The van der Waals surface area contributed by atoms with Crippen molar-refractivity contribution in [2.75, 3.05) is 24.3 Å². The second kappa shape index (κ2) is 8.99. The molecule has 1 atom stereocenters. The van der Waals surface area contributed by atoms with Crippen molar-refractivity contribution in [2.24, 2.45) is 0 Å². The topological polar surface area (TPSA) is 89.3 Å². The minimum atomic E-state index is -3.07. The van der Waals surface area contributed by atoms with Gasteiger partial charge in [-0.25, -0.2) is 13.4 Å². The zero-order valence-corrected chi connectivity index (χ0v) is 20.6. The van der Waals surface area contributed by atoms with Crippen molar-refractivity contribution in [2.45, 2.75) is 38.0 Å². The molecule has 1 amide bonds. The predicted octanol–water partition coefficient (Wildman–Crippen LogP) is 2.86. The maximum Gasteiger partial charge on any atom is 0.263 e. The molecule has 1 aliphatic rings. The predicted molar refractivity (Wildman–Crippen MR) is 129 cm³/mol. The summed E-state index contributed by atoms with van der Waals surface area (Å²) in [5.74, 6) is 0.0462. The van der Waals surface area contributed by atoms with Crippen LogP contribution in [-0.2, 0) is 21.2 Å². The number of benzene rings is 1. The molecule has 1 aliphatic heterocycles. The maximum atomic E-state index is 13.4. The van der Waals surface area contributed by atoms with Gasteiger partial charge in [-0.3, -0.25) is 14.2 Å². The molecule has 3 heterocycles. The Bertz CT molecular complexity index is 1330. The van der Waals surface area contributed by atoms with Gasteiger partial charge in [0.1, 0.15) is 4.83 Å². The minimum Gasteiger partial charge on any atom is -0.341 e. The second-order valence-corrected chi connectivity index (χ2v) is 12.5. The molecule has 4 rings (SSSR count). The fraction of sp³-hybridized carbons (Fsp3) is 0.409. The lowest BCUT2D eigenvalue weighted by Crippen LogP contribution is -2.39. The number of aromatic nitrogens is 2. The Morgan fingerprint density at radius 2 is 2.00 bits per heavy atom. The van der Waals surface area contributed by atoms with E-state index in [-0.39, 0.29) is 34.8 Å². The highest BCUT2D eigenvalue weighted by Crippen LogP contribution is 2.29. The first-order valence-corrected chi connectivity index (χ1v) is 13.9. The van der Waals surface area contributed by atoms with E-state index < -0.39 is 9.84 Å². The first-order valence-electron chi connectivity index (χ1n) is 10.3. The van der Waals surface area contributed by atoms with E-state index in [1.807, 2.05) is 44.2 Å². The first kappa shape index (κ1) is 23.0. The number of thioether (sulfide) groups is 1. The Morgan fingerprint density at radius 3 is 2.66 bits per heavy atom. The Kier molecular flexibility index (Phi) is 6.46. The van der Waals surface area contributed by atoms with E-state index in [1.165, 1.54) is 28.0 Å². The second-order valence-electron chi connectivity index (χ2n) is 8.08. The van der Waals surface area contributed by atoms with Crippen LogP contribution in [0.4, 0.5) is 0 Å². The fourth-order valence-corrected chi connectivity index (χ4v) is 7.60. The van der Waals surface area contributed by atoms with Gasteiger partial charge in [0.25, 0.3) is 5.56 Å². The van der Waals surface area contributed by atoms with Gasteiger partial charge in [0.15, 0.2) is 15.0 Å². The van der Waals surface area contributed by atoms with Gasteiger partial charge in [0.05, 0.1) is 29.2 Å². The van der Waals surface area contributed by atoms with Crippen molar-refractivity contribution in [3.05, 3.63) is 56.7 Å². The number of amides is 1. The van der Waals surface area contributed by atoms with E-state index in [0.717, 1.165) is 16.0 Å². The zero-order chi connectivity index (χ0) is 23.0. The number of sulfone groups is 1. The van der Waals surface area contributed by atoms with Crippen molar-refractivity contribution in [3.63, 3.8) is 0 Å². The van der Waals surface area contributed by atoms with E-state index in [2.05, 4.69) is 0 Å². The highest BCUT2D eigenvalue weighted by molar-refractivity contribution is 7.99. The number of aryl methyl sites for hydroxylation is 2. The van der Waals surface area contributed by atoms with Crippen molar-refractivity contribution in [3.8, 4) is 0 Å². The molecule has 0 unspecified atom stereocenters. The Morgan fingerprint density at radius 1 is 1.28 bits per heavy atom. The van der Waals surface area contributed by atoms with Crippen LogP contribution in [0.3, 0.4) is 0 Å². The molecule has 0 bridgehead atoms. The molecule has 1 aromatic carbocycles. The molecular weight excluding hydrogens is 466 g/mol. The van der Waals surface area contributed by atoms with Crippen LogP contribution >= 0.6 is 23.1 Å². The normalized spacial score (nSPS) is 17.7. The number of hydrogen-bond acceptors (Lipinski definition) is 7. The number of fused-ring (bicyclic) bond motifs is 1. The van der Waals surface area contributed by atoms with Crippen LogP contribution < -0.4 is 5.56 Å². The summed E-state index contributed by atoms with van der Waals surface area (Å²) < 4.78 is 25.2. The van der Waals surface area contributed by atoms with E-state index in [9.17, 15) is 18.0 Å². The molecule has 7 nitrogen and oxygen atoms in total. The first-order chi connectivity index (χ1) is 15.2. The van der Waals surface area contributed by atoms with Gasteiger partial charge in [-0.05, 0) is 31.4 Å². The van der Waals surface area contributed by atoms with Gasteiger partial charge in [-0.1, -0.05) is 42.1 Å². The maximum absolute atomic E-state index is 13.4. The van der Waals surface area contributed by atoms with E-state index in [0.29, 0.717) is 28.3 Å². The molecule has 0 radical (unpaired) electrons. The lowest BCUT2D eigenvalue weighted by molar-refractivity contribution is -0.128. The molecule has 0 saturated carbocycles. The van der Waals surface area contributed by atoms with Crippen molar-refractivity contribution in [1.82, 2.24) is 14.5 Å². The van der Waals surface area contributed by atoms with Crippen molar-refractivity contribution in [1.29, 1.82) is 0 Å². The molecule has 0 spiro atoms. The van der Waals surface area contributed by atoms with Gasteiger partial charge in [0.2, 0.25) is 5.91 Å². The lowest BCUT2D eigenvalue weighted by Gasteiger charge is -2.23. The molecule has 32 heavy (non-hydrogen) atoms. The summed E-state index contributed by atoms with van der Waals surface area (Å²) in [6, 6.07) is 9.39. The number of carbonyl (C=O) groups excluding carboxylic acids is 1. The number of nitrogens with zero attached hydrogens (tertiary/aromatic N) is 3. The van der Waals surface area contributed by atoms with Gasteiger partial charge < -0.3 is 4.90 Å². The molecule has 0 N–H and O–H groups in total. The van der Waals surface area contributed by atoms with Gasteiger partial charge in [0, 0.05) is 18.0 Å². The van der Waals surface area contributed by atoms with E-state index >= 15 is 0 Å². The molecule has 3 aromatic rings. The fourth-order valence-electron chi connectivity index (χ4n) is 3.84. The third-order valence-corrected chi connectivity index (χ3v) is 9.72. The number of hydrogen-bond donors (Lipinski definition) is 0. The van der Waals surface area contributed by atoms with Crippen LogP contribution in [0.2, 0.25) is 0 Å². The molecule has 1 fully saturated rings. The minimum absolute atomic E-state index is 0.0105. The summed E-state index contributed by atoms with van der Waals surface area (Å²) in [6.45, 7) is 4.28. The van der Waals surface area contributed by atoms with Crippen LogP contribution in [0.25, 0.3) is 10.2 Å². The van der Waals surface area contributed by atoms with Gasteiger partial charge in [-0.15, -0.1) is 11.3 Å². The Labute approximate surface area is 195 Å². The van der Waals surface area contributed by atoms with Crippen LogP contribution in [0.5, 0.6) is 0 Å². The summed E-state index contributed by atoms with van der Waals surface area (Å²) in [5, 5.41) is 1.13. The van der Waals surface area contributed by atoms with Crippen LogP contribution in [-0.4, -0.2) is 59.1 Å². The molecule has 170 valence electrons. The van der Waals surface area contributed by atoms with E-state index in [4.69, 9.17) is 4.98 Å². The highest BCUT2D eigenvalue weighted by Gasteiger charge is 2.32.